The van der Waals surface area contributed by atoms with Gasteiger partial charge in [-0.25, -0.2) is 4.98 Å². The van der Waals surface area contributed by atoms with Crippen molar-refractivity contribution in [2.45, 2.75) is 6.92 Å². The van der Waals surface area contributed by atoms with Gasteiger partial charge in [0.1, 0.15) is 18.2 Å². The predicted octanol–water partition coefficient (Wildman–Crippen LogP) is 1.29. The summed E-state index contributed by atoms with van der Waals surface area (Å²) >= 11 is 0. The van der Waals surface area contributed by atoms with E-state index in [-0.39, 0.29) is 0 Å². The first-order valence-corrected chi connectivity index (χ1v) is 4.27. The molecule has 0 fully saturated rings. The average molecular weight is 192 g/mol. The molecule has 0 atom stereocenters. The summed E-state index contributed by atoms with van der Waals surface area (Å²) in [5, 5.41) is 8.76. The van der Waals surface area contributed by atoms with Crippen molar-refractivity contribution in [3.63, 3.8) is 0 Å². The highest BCUT2D eigenvalue weighted by Crippen LogP contribution is 2.14. The number of nitrogens with zero attached hydrogens (tertiary/aromatic N) is 2. The van der Waals surface area contributed by atoms with Gasteiger partial charge in [-0.2, -0.15) is 5.26 Å². The second-order valence-corrected chi connectivity index (χ2v) is 2.76. The van der Waals surface area contributed by atoms with Crippen molar-refractivity contribution in [2.24, 2.45) is 0 Å². The van der Waals surface area contributed by atoms with E-state index < -0.39 is 0 Å². The van der Waals surface area contributed by atoms with Gasteiger partial charge >= 0.3 is 0 Å². The zero-order valence-electron chi connectivity index (χ0n) is 8.28. The molecule has 0 radical (unpaired) electrons. The van der Waals surface area contributed by atoms with Gasteiger partial charge in [0.05, 0.1) is 6.61 Å². The predicted molar refractivity (Wildman–Crippen MR) is 51.1 cm³/mol. The molecule has 0 saturated carbocycles. The third kappa shape index (κ3) is 2.71. The quantitative estimate of drug-likeness (QED) is 0.674. The lowest BCUT2D eigenvalue weighted by Gasteiger charge is -2.06. The second-order valence-electron chi connectivity index (χ2n) is 2.76. The maximum absolute atomic E-state index is 8.76. The topological polar surface area (TPSA) is 55.1 Å². The number of pyridine rings is 1. The molecule has 0 N–H and O–H groups in total. The van der Waals surface area contributed by atoms with Crippen molar-refractivity contribution < 1.29 is 9.47 Å². The number of nitriles is 1. The first-order chi connectivity index (χ1) is 6.77. The fourth-order valence-electron chi connectivity index (χ4n) is 0.950. The minimum atomic E-state index is 0.379. The van der Waals surface area contributed by atoms with Crippen molar-refractivity contribution in [3.8, 4) is 11.9 Å². The Labute approximate surface area is 83.1 Å². The van der Waals surface area contributed by atoms with Crippen LogP contribution in [0.25, 0.3) is 0 Å². The molecule has 0 aliphatic carbocycles. The molecule has 74 valence electrons. The molecule has 0 saturated heterocycles. The van der Waals surface area contributed by atoms with Crippen LogP contribution in [0, 0.1) is 18.3 Å². The minimum absolute atomic E-state index is 0.379. The van der Waals surface area contributed by atoms with Crippen LogP contribution in [-0.2, 0) is 4.74 Å². The number of aromatic nitrogens is 1. The maximum atomic E-state index is 8.76. The first kappa shape index (κ1) is 10.5. The number of ether oxygens (including phenoxy) is 2. The summed E-state index contributed by atoms with van der Waals surface area (Å²) in [5.74, 6) is 0.379. The maximum Gasteiger partial charge on any atom is 0.231 e. The molecule has 1 heterocycles. The third-order valence-electron chi connectivity index (χ3n) is 1.65. The number of methoxy groups -OCH3 is 1. The van der Waals surface area contributed by atoms with Gasteiger partial charge < -0.3 is 9.47 Å². The fraction of sp³-hybridized carbons (Fsp3) is 0.400. The monoisotopic (exact) mass is 192 g/mol. The summed E-state index contributed by atoms with van der Waals surface area (Å²) in [6, 6.07) is 5.50. The SMILES string of the molecule is COCCOc1nc(C)ccc1C#N. The Bertz CT molecular complexity index is 344. The van der Waals surface area contributed by atoms with E-state index in [2.05, 4.69) is 4.98 Å². The zero-order chi connectivity index (χ0) is 10.4. The molecule has 1 rings (SSSR count). The molecule has 0 unspecified atom stereocenters. The van der Waals surface area contributed by atoms with Gasteiger partial charge in [-0.3, -0.25) is 0 Å². The van der Waals surface area contributed by atoms with Gasteiger partial charge in [0, 0.05) is 12.8 Å². The summed E-state index contributed by atoms with van der Waals surface area (Å²) in [6.45, 7) is 2.74. The molecule has 0 aliphatic heterocycles. The summed E-state index contributed by atoms with van der Waals surface area (Å²) in [5.41, 5.74) is 1.28. The lowest BCUT2D eigenvalue weighted by molar-refractivity contribution is 0.143. The molecule has 4 heteroatoms. The van der Waals surface area contributed by atoms with Crippen LogP contribution in [0.15, 0.2) is 12.1 Å². The van der Waals surface area contributed by atoms with E-state index >= 15 is 0 Å². The van der Waals surface area contributed by atoms with Crippen LogP contribution in [-0.4, -0.2) is 25.3 Å². The normalized spacial score (nSPS) is 9.50. The van der Waals surface area contributed by atoms with E-state index in [0.29, 0.717) is 24.7 Å². The Morgan fingerprint density at radius 2 is 2.21 bits per heavy atom. The zero-order valence-corrected chi connectivity index (χ0v) is 8.28. The fourth-order valence-corrected chi connectivity index (χ4v) is 0.950. The van der Waals surface area contributed by atoms with E-state index in [1.54, 1.807) is 19.2 Å². The Morgan fingerprint density at radius 3 is 2.86 bits per heavy atom. The molecule has 0 spiro atoms. The van der Waals surface area contributed by atoms with Crippen LogP contribution < -0.4 is 4.74 Å². The first-order valence-electron chi connectivity index (χ1n) is 4.27. The smallest absolute Gasteiger partial charge is 0.231 e. The van der Waals surface area contributed by atoms with E-state index in [9.17, 15) is 0 Å². The Kier molecular flexibility index (Phi) is 3.89. The van der Waals surface area contributed by atoms with Crippen molar-refractivity contribution >= 4 is 0 Å². The standard InChI is InChI=1S/C10H12N2O2/c1-8-3-4-9(7-11)10(12-8)14-6-5-13-2/h3-4H,5-6H2,1-2H3. The van der Waals surface area contributed by atoms with E-state index in [1.807, 2.05) is 13.0 Å². The van der Waals surface area contributed by atoms with Gasteiger partial charge in [-0.05, 0) is 19.1 Å². The molecule has 4 nitrogen and oxygen atoms in total. The van der Waals surface area contributed by atoms with Crippen molar-refractivity contribution in [1.29, 1.82) is 5.26 Å². The summed E-state index contributed by atoms with van der Waals surface area (Å²) in [6.07, 6.45) is 0. The number of hydrogen-bond donors (Lipinski definition) is 0. The van der Waals surface area contributed by atoms with Gasteiger partial charge in [0.25, 0.3) is 0 Å². The lowest BCUT2D eigenvalue weighted by Crippen LogP contribution is -2.07. The average Bonchev–Trinajstić information content (AvgIpc) is 2.19. The molecule has 0 amide bonds. The summed E-state index contributed by atoms with van der Waals surface area (Å²) in [4.78, 5) is 4.12. The molecule has 14 heavy (non-hydrogen) atoms. The van der Waals surface area contributed by atoms with E-state index in [0.717, 1.165) is 5.69 Å². The van der Waals surface area contributed by atoms with E-state index in [1.165, 1.54) is 0 Å². The molecular formula is C10H12N2O2. The van der Waals surface area contributed by atoms with Crippen LogP contribution in [0.2, 0.25) is 0 Å². The lowest BCUT2D eigenvalue weighted by atomic mass is 10.2. The summed E-state index contributed by atoms with van der Waals surface area (Å²) in [7, 11) is 1.60. The highest BCUT2D eigenvalue weighted by molar-refractivity contribution is 5.38. The molecule has 0 aliphatic rings. The van der Waals surface area contributed by atoms with Crippen LogP contribution >= 0.6 is 0 Å². The molecule has 1 aromatic heterocycles. The second kappa shape index (κ2) is 5.20. The Morgan fingerprint density at radius 1 is 1.43 bits per heavy atom. The van der Waals surface area contributed by atoms with Crippen molar-refractivity contribution in [1.82, 2.24) is 4.98 Å². The number of aryl methyl sites for hydroxylation is 1. The van der Waals surface area contributed by atoms with Crippen LogP contribution in [0.4, 0.5) is 0 Å². The van der Waals surface area contributed by atoms with Crippen LogP contribution in [0.3, 0.4) is 0 Å². The van der Waals surface area contributed by atoms with Gasteiger partial charge in [-0.1, -0.05) is 0 Å². The minimum Gasteiger partial charge on any atom is -0.474 e. The molecule has 1 aromatic rings. The van der Waals surface area contributed by atoms with Gasteiger partial charge in [0.2, 0.25) is 5.88 Å². The molecule has 0 aromatic carbocycles. The molecular weight excluding hydrogens is 180 g/mol. The Hall–Kier alpha value is -1.60. The third-order valence-corrected chi connectivity index (χ3v) is 1.65. The van der Waals surface area contributed by atoms with Gasteiger partial charge in [0.15, 0.2) is 0 Å². The largest absolute Gasteiger partial charge is 0.474 e. The van der Waals surface area contributed by atoms with Crippen molar-refractivity contribution in [2.75, 3.05) is 20.3 Å². The Balaban J connectivity index is 2.73. The van der Waals surface area contributed by atoms with Crippen LogP contribution in [0.5, 0.6) is 5.88 Å². The van der Waals surface area contributed by atoms with Crippen LogP contribution in [0.1, 0.15) is 11.3 Å². The summed E-state index contributed by atoms with van der Waals surface area (Å²) < 4.78 is 10.1. The van der Waals surface area contributed by atoms with Crippen molar-refractivity contribution in [3.05, 3.63) is 23.4 Å². The molecule has 0 bridgehead atoms. The highest BCUT2D eigenvalue weighted by Gasteiger charge is 2.04. The van der Waals surface area contributed by atoms with Gasteiger partial charge in [-0.15, -0.1) is 0 Å². The highest BCUT2D eigenvalue weighted by atomic mass is 16.5. The number of rotatable bonds is 4. The number of hydrogen-bond acceptors (Lipinski definition) is 4. The van der Waals surface area contributed by atoms with E-state index in [4.69, 9.17) is 14.7 Å².